The number of H-pyrrole nitrogens is 1. The van der Waals surface area contributed by atoms with Crippen molar-refractivity contribution in [1.82, 2.24) is 15.5 Å². The summed E-state index contributed by atoms with van der Waals surface area (Å²) in [5.41, 5.74) is 0. The molecule has 66 valence electrons. The van der Waals surface area contributed by atoms with Gasteiger partial charge in [0.2, 0.25) is 0 Å². The van der Waals surface area contributed by atoms with Gasteiger partial charge in [0.1, 0.15) is 0 Å². The predicted molar refractivity (Wildman–Crippen MR) is 42.0 cm³/mol. The van der Waals surface area contributed by atoms with E-state index in [1.54, 1.807) is 0 Å². The van der Waals surface area contributed by atoms with Crippen LogP contribution in [0.25, 0.3) is 0 Å². The molecule has 1 fully saturated rings. The lowest BCUT2D eigenvalue weighted by molar-refractivity contribution is 0.367. The minimum Gasteiger partial charge on any atom is -0.316 e. The fourth-order valence-corrected chi connectivity index (χ4v) is 1.50. The number of rotatable bonds is 1. The summed E-state index contributed by atoms with van der Waals surface area (Å²) >= 11 is 0. The van der Waals surface area contributed by atoms with Crippen LogP contribution in [0.3, 0.4) is 0 Å². The lowest BCUT2D eigenvalue weighted by Gasteiger charge is -2.19. The normalized spacial score (nSPS) is 24.2. The smallest absolute Gasteiger partial charge is 0.316 e. The molecule has 1 aliphatic rings. The largest absolute Gasteiger partial charge is 0.438 e. The van der Waals surface area contributed by atoms with E-state index in [-0.39, 0.29) is 0 Å². The van der Waals surface area contributed by atoms with Crippen molar-refractivity contribution >= 4 is 0 Å². The van der Waals surface area contributed by atoms with Crippen molar-refractivity contribution in [2.75, 3.05) is 13.1 Å². The first-order valence-corrected chi connectivity index (χ1v) is 4.13. The van der Waals surface area contributed by atoms with Crippen LogP contribution in [0.15, 0.2) is 9.32 Å². The van der Waals surface area contributed by atoms with Crippen molar-refractivity contribution in [3.05, 3.63) is 16.4 Å². The van der Waals surface area contributed by atoms with Gasteiger partial charge in [-0.25, -0.2) is 4.79 Å². The van der Waals surface area contributed by atoms with Crippen LogP contribution in [-0.2, 0) is 0 Å². The number of hydrogen-bond donors (Lipinski definition) is 2. The molecule has 0 amide bonds. The Hall–Kier alpha value is -1.10. The van der Waals surface area contributed by atoms with E-state index in [1.165, 1.54) is 0 Å². The average Bonchev–Trinajstić information content (AvgIpc) is 2.54. The highest BCUT2D eigenvalue weighted by Gasteiger charge is 2.18. The van der Waals surface area contributed by atoms with Crippen LogP contribution in [0.4, 0.5) is 0 Å². The second kappa shape index (κ2) is 3.10. The predicted octanol–water partition coefficient (Wildman–Crippen LogP) is -0.170. The molecule has 2 heterocycles. The van der Waals surface area contributed by atoms with Gasteiger partial charge in [0.05, 0.1) is 0 Å². The monoisotopic (exact) mass is 169 g/mol. The molecule has 1 unspecified atom stereocenters. The van der Waals surface area contributed by atoms with Gasteiger partial charge in [-0.2, -0.15) is 0 Å². The third kappa shape index (κ3) is 1.40. The molecule has 5 nitrogen and oxygen atoms in total. The maximum Gasteiger partial charge on any atom is 0.438 e. The lowest BCUT2D eigenvalue weighted by atomic mass is 9.99. The first-order valence-electron chi connectivity index (χ1n) is 4.13. The second-order valence-electron chi connectivity index (χ2n) is 3.02. The van der Waals surface area contributed by atoms with E-state index in [9.17, 15) is 4.79 Å². The maximum atomic E-state index is 10.6. The summed E-state index contributed by atoms with van der Waals surface area (Å²) in [6, 6.07) is 0. The standard InChI is InChI=1S/C7H11N3O2/c11-7-9-6(10-12-7)5-2-1-3-8-4-5/h5,8H,1-4H2,(H,9,10,11). The Morgan fingerprint density at radius 3 is 3.08 bits per heavy atom. The van der Waals surface area contributed by atoms with Crippen LogP contribution >= 0.6 is 0 Å². The molecule has 0 saturated carbocycles. The molecule has 0 spiro atoms. The molecule has 1 aliphatic heterocycles. The summed E-state index contributed by atoms with van der Waals surface area (Å²) in [5.74, 6) is 0.521. The fraction of sp³-hybridized carbons (Fsp3) is 0.714. The molecule has 12 heavy (non-hydrogen) atoms. The number of hydrogen-bond acceptors (Lipinski definition) is 4. The second-order valence-corrected chi connectivity index (χ2v) is 3.02. The van der Waals surface area contributed by atoms with Gasteiger partial charge in [-0.05, 0) is 19.4 Å². The van der Waals surface area contributed by atoms with Crippen LogP contribution in [0.5, 0.6) is 0 Å². The summed E-state index contributed by atoms with van der Waals surface area (Å²) in [4.78, 5) is 13.2. The summed E-state index contributed by atoms with van der Waals surface area (Å²) in [6.45, 7) is 1.93. The molecule has 1 atom stereocenters. The van der Waals surface area contributed by atoms with Crippen molar-refractivity contribution in [1.29, 1.82) is 0 Å². The van der Waals surface area contributed by atoms with E-state index in [2.05, 4.69) is 20.0 Å². The molecule has 0 aliphatic carbocycles. The third-order valence-corrected chi connectivity index (χ3v) is 2.14. The Morgan fingerprint density at radius 2 is 2.50 bits per heavy atom. The van der Waals surface area contributed by atoms with Crippen molar-refractivity contribution in [3.63, 3.8) is 0 Å². The lowest BCUT2D eigenvalue weighted by Crippen LogP contribution is -2.29. The summed E-state index contributed by atoms with van der Waals surface area (Å²) in [5, 5.41) is 6.90. The topological polar surface area (TPSA) is 70.9 Å². The highest BCUT2D eigenvalue weighted by molar-refractivity contribution is 4.94. The Balaban J connectivity index is 2.13. The maximum absolute atomic E-state index is 10.6. The highest BCUT2D eigenvalue weighted by atomic mass is 16.5. The van der Waals surface area contributed by atoms with Gasteiger partial charge in [0, 0.05) is 12.5 Å². The molecule has 1 aromatic heterocycles. The first kappa shape index (κ1) is 7.54. The molecule has 0 radical (unpaired) electrons. The van der Waals surface area contributed by atoms with Crippen molar-refractivity contribution in [3.8, 4) is 0 Å². The first-order chi connectivity index (χ1) is 5.86. The molecule has 0 aromatic carbocycles. The van der Waals surface area contributed by atoms with Gasteiger partial charge in [0.25, 0.3) is 0 Å². The van der Waals surface area contributed by atoms with E-state index in [4.69, 9.17) is 0 Å². The SMILES string of the molecule is O=c1[nH]c(C2CCCNC2)no1. The van der Waals surface area contributed by atoms with Gasteiger partial charge in [-0.15, -0.1) is 0 Å². The van der Waals surface area contributed by atoms with E-state index < -0.39 is 5.76 Å². The molecule has 1 saturated heterocycles. The quantitative estimate of drug-likeness (QED) is 0.612. The Kier molecular flexibility index (Phi) is 1.95. The van der Waals surface area contributed by atoms with Gasteiger partial charge in [-0.3, -0.25) is 9.51 Å². The van der Waals surface area contributed by atoms with Gasteiger partial charge in [-0.1, -0.05) is 5.16 Å². The zero-order valence-electron chi connectivity index (χ0n) is 6.67. The van der Waals surface area contributed by atoms with Crippen molar-refractivity contribution in [2.45, 2.75) is 18.8 Å². The molecule has 2 rings (SSSR count). The number of aromatic amines is 1. The van der Waals surface area contributed by atoms with Crippen LogP contribution < -0.4 is 11.1 Å². The van der Waals surface area contributed by atoms with Crippen LogP contribution in [0, 0.1) is 0 Å². The number of nitrogens with one attached hydrogen (secondary N) is 2. The van der Waals surface area contributed by atoms with Crippen LogP contribution in [0.1, 0.15) is 24.6 Å². The zero-order valence-corrected chi connectivity index (χ0v) is 6.67. The van der Waals surface area contributed by atoms with Crippen LogP contribution in [0.2, 0.25) is 0 Å². The summed E-state index contributed by atoms with van der Waals surface area (Å²) < 4.78 is 4.43. The van der Waals surface area contributed by atoms with E-state index in [0.29, 0.717) is 11.7 Å². The Morgan fingerprint density at radius 1 is 1.58 bits per heavy atom. The molecule has 1 aromatic rings. The Labute approximate surface area is 69.1 Å². The van der Waals surface area contributed by atoms with Gasteiger partial charge in [0.15, 0.2) is 5.82 Å². The van der Waals surface area contributed by atoms with Crippen molar-refractivity contribution < 1.29 is 4.52 Å². The zero-order chi connectivity index (χ0) is 8.39. The molecule has 5 heteroatoms. The van der Waals surface area contributed by atoms with Gasteiger partial charge < -0.3 is 5.32 Å². The minimum absolute atomic E-state index is 0.310. The van der Waals surface area contributed by atoms with Crippen LogP contribution in [-0.4, -0.2) is 23.2 Å². The average molecular weight is 169 g/mol. The molecular weight excluding hydrogens is 158 g/mol. The fourth-order valence-electron chi connectivity index (χ4n) is 1.50. The summed E-state index contributed by atoms with van der Waals surface area (Å²) in [7, 11) is 0. The number of nitrogens with zero attached hydrogens (tertiary/aromatic N) is 1. The number of aromatic nitrogens is 2. The Bertz CT molecular complexity index is 298. The molecular formula is C7H11N3O2. The van der Waals surface area contributed by atoms with Crippen molar-refractivity contribution in [2.24, 2.45) is 0 Å². The highest BCUT2D eigenvalue weighted by Crippen LogP contribution is 2.18. The minimum atomic E-state index is -0.462. The van der Waals surface area contributed by atoms with E-state index >= 15 is 0 Å². The number of piperidine rings is 1. The molecule has 2 N–H and O–H groups in total. The van der Waals surface area contributed by atoms with E-state index in [0.717, 1.165) is 25.9 Å². The van der Waals surface area contributed by atoms with E-state index in [1.807, 2.05) is 0 Å². The van der Waals surface area contributed by atoms with Gasteiger partial charge >= 0.3 is 5.76 Å². The molecule has 0 bridgehead atoms. The third-order valence-electron chi connectivity index (χ3n) is 2.14. The summed E-state index contributed by atoms with van der Waals surface area (Å²) in [6.07, 6.45) is 2.19.